The number of nitrogens with zero attached hydrogens (tertiary/aromatic N) is 3. The van der Waals surface area contributed by atoms with E-state index in [1.165, 1.54) is 5.56 Å². The van der Waals surface area contributed by atoms with E-state index in [-0.39, 0.29) is 0 Å². The fourth-order valence-corrected chi connectivity index (χ4v) is 3.28. The van der Waals surface area contributed by atoms with Crippen LogP contribution in [0.2, 0.25) is 0 Å². The highest BCUT2D eigenvalue weighted by Gasteiger charge is 2.26. The molecule has 0 bridgehead atoms. The van der Waals surface area contributed by atoms with Crippen LogP contribution in [0.3, 0.4) is 0 Å². The van der Waals surface area contributed by atoms with Crippen LogP contribution in [-0.4, -0.2) is 38.9 Å². The second kappa shape index (κ2) is 6.97. The maximum atomic E-state index is 6.06. The molecule has 6 nitrogen and oxygen atoms in total. The minimum atomic E-state index is 0.327. The van der Waals surface area contributed by atoms with E-state index in [9.17, 15) is 0 Å². The first-order valence-electron chi connectivity index (χ1n) is 8.44. The van der Waals surface area contributed by atoms with E-state index in [0.717, 1.165) is 49.1 Å². The van der Waals surface area contributed by atoms with Gasteiger partial charge in [-0.05, 0) is 31.2 Å². The van der Waals surface area contributed by atoms with Crippen molar-refractivity contribution in [3.63, 3.8) is 0 Å². The van der Waals surface area contributed by atoms with Crippen LogP contribution in [-0.2, 0) is 11.2 Å². The van der Waals surface area contributed by atoms with E-state index in [1.807, 2.05) is 6.07 Å². The van der Waals surface area contributed by atoms with Crippen LogP contribution < -0.4 is 5.32 Å². The first-order chi connectivity index (χ1) is 11.9. The van der Waals surface area contributed by atoms with Crippen LogP contribution in [0.25, 0.3) is 11.0 Å². The lowest BCUT2D eigenvalue weighted by Crippen LogP contribution is -2.19. The Balaban J connectivity index is 1.28. The topological polar surface area (TPSA) is 75.7 Å². The normalized spacial score (nSPS) is 20.5. The third-order valence-electron chi connectivity index (χ3n) is 4.56. The zero-order valence-corrected chi connectivity index (χ0v) is 13.5. The predicted molar refractivity (Wildman–Crippen MR) is 92.8 cm³/mol. The molecule has 1 fully saturated rings. The third kappa shape index (κ3) is 3.38. The molecule has 1 unspecified atom stereocenters. The van der Waals surface area contributed by atoms with E-state index >= 15 is 0 Å². The van der Waals surface area contributed by atoms with Gasteiger partial charge in [0.05, 0.1) is 24.3 Å². The molecule has 3 aromatic rings. The summed E-state index contributed by atoms with van der Waals surface area (Å²) in [6.07, 6.45) is 7.82. The highest BCUT2D eigenvalue weighted by atomic mass is 16.5. The van der Waals surface area contributed by atoms with E-state index < -0.39 is 0 Å². The molecule has 24 heavy (non-hydrogen) atoms. The van der Waals surface area contributed by atoms with Gasteiger partial charge in [0.25, 0.3) is 0 Å². The van der Waals surface area contributed by atoms with Crippen molar-refractivity contribution in [2.45, 2.75) is 37.8 Å². The summed E-state index contributed by atoms with van der Waals surface area (Å²) < 4.78 is 6.06. The molecule has 2 N–H and O–H groups in total. The Kier molecular flexibility index (Phi) is 4.38. The van der Waals surface area contributed by atoms with Gasteiger partial charge in [-0.15, -0.1) is 0 Å². The highest BCUT2D eigenvalue weighted by Crippen LogP contribution is 2.27. The van der Waals surface area contributed by atoms with Gasteiger partial charge in [-0.2, -0.15) is 5.10 Å². The van der Waals surface area contributed by atoms with Crippen molar-refractivity contribution in [1.29, 1.82) is 0 Å². The van der Waals surface area contributed by atoms with Crippen LogP contribution in [0.5, 0.6) is 0 Å². The average molecular weight is 323 g/mol. The molecule has 0 aliphatic heterocycles. The zero-order valence-electron chi connectivity index (χ0n) is 13.5. The zero-order chi connectivity index (χ0) is 16.2. The van der Waals surface area contributed by atoms with Gasteiger partial charge in [0.1, 0.15) is 12.1 Å². The molecule has 124 valence electrons. The smallest absolute Gasteiger partial charge is 0.160 e. The summed E-state index contributed by atoms with van der Waals surface area (Å²) in [4.78, 5) is 8.51. The van der Waals surface area contributed by atoms with Crippen molar-refractivity contribution in [3.8, 4) is 0 Å². The van der Waals surface area contributed by atoms with Gasteiger partial charge >= 0.3 is 0 Å². The summed E-state index contributed by atoms with van der Waals surface area (Å²) >= 11 is 0. The second-order valence-electron chi connectivity index (χ2n) is 6.24. The number of rotatable bonds is 6. The number of anilines is 1. The first-order valence-corrected chi connectivity index (χ1v) is 8.44. The van der Waals surface area contributed by atoms with Crippen LogP contribution in [0.1, 0.15) is 24.8 Å². The fraction of sp³-hybridized carbons (Fsp3) is 0.389. The number of aromatic amines is 1. The van der Waals surface area contributed by atoms with Gasteiger partial charge in [-0.25, -0.2) is 9.97 Å². The molecule has 0 amide bonds. The Morgan fingerprint density at radius 1 is 1.17 bits per heavy atom. The molecule has 1 saturated carbocycles. The SMILES string of the molecule is c1ccc(CCO[C@H]2CCC(Nc3ncnc4[nH]ncc34)C2)cc1. The molecule has 2 aromatic heterocycles. The molecule has 1 aromatic carbocycles. The van der Waals surface area contributed by atoms with Gasteiger partial charge in [0.15, 0.2) is 5.65 Å². The van der Waals surface area contributed by atoms with Gasteiger partial charge in [0.2, 0.25) is 0 Å². The van der Waals surface area contributed by atoms with Crippen molar-refractivity contribution >= 4 is 16.9 Å². The highest BCUT2D eigenvalue weighted by molar-refractivity contribution is 5.85. The molecule has 2 heterocycles. The number of hydrogen-bond donors (Lipinski definition) is 2. The second-order valence-corrected chi connectivity index (χ2v) is 6.24. The number of fused-ring (bicyclic) bond motifs is 1. The Morgan fingerprint density at radius 2 is 2.08 bits per heavy atom. The number of H-pyrrole nitrogens is 1. The molecular formula is C18H21N5O. The summed E-state index contributed by atoms with van der Waals surface area (Å²) in [6.45, 7) is 0.779. The monoisotopic (exact) mass is 323 g/mol. The van der Waals surface area contributed by atoms with Gasteiger partial charge in [-0.3, -0.25) is 5.10 Å². The van der Waals surface area contributed by atoms with Crippen LogP contribution in [0.15, 0.2) is 42.9 Å². The molecule has 2 atom stereocenters. The lowest BCUT2D eigenvalue weighted by molar-refractivity contribution is 0.0601. The van der Waals surface area contributed by atoms with Crippen LogP contribution in [0.4, 0.5) is 5.82 Å². The van der Waals surface area contributed by atoms with E-state index in [2.05, 4.69) is 49.7 Å². The number of nitrogens with one attached hydrogen (secondary N) is 2. The number of aromatic nitrogens is 4. The maximum Gasteiger partial charge on any atom is 0.160 e. The average Bonchev–Trinajstić information content (AvgIpc) is 3.26. The summed E-state index contributed by atoms with van der Waals surface area (Å²) in [5, 5.41) is 11.4. The molecule has 0 saturated heterocycles. The summed E-state index contributed by atoms with van der Waals surface area (Å²) in [7, 11) is 0. The predicted octanol–water partition coefficient (Wildman–Crippen LogP) is 2.95. The minimum Gasteiger partial charge on any atom is -0.378 e. The van der Waals surface area contributed by atoms with Gasteiger partial charge in [0, 0.05) is 6.04 Å². The Labute approximate surface area is 140 Å². The Bertz CT molecular complexity index is 788. The number of hydrogen-bond acceptors (Lipinski definition) is 5. The minimum absolute atomic E-state index is 0.327. The van der Waals surface area contributed by atoms with E-state index in [4.69, 9.17) is 4.74 Å². The van der Waals surface area contributed by atoms with Crippen LogP contribution >= 0.6 is 0 Å². The van der Waals surface area contributed by atoms with Crippen molar-refractivity contribution in [3.05, 3.63) is 48.4 Å². The molecule has 0 spiro atoms. The van der Waals surface area contributed by atoms with Gasteiger partial charge in [-0.1, -0.05) is 30.3 Å². The summed E-state index contributed by atoms with van der Waals surface area (Å²) in [5.74, 6) is 0.851. The molecular weight excluding hydrogens is 302 g/mol. The maximum absolute atomic E-state index is 6.06. The largest absolute Gasteiger partial charge is 0.378 e. The fourth-order valence-electron chi connectivity index (χ4n) is 3.28. The lowest BCUT2D eigenvalue weighted by atomic mass is 10.2. The van der Waals surface area contributed by atoms with E-state index in [0.29, 0.717) is 12.1 Å². The Morgan fingerprint density at radius 3 is 3.00 bits per heavy atom. The molecule has 1 aliphatic rings. The van der Waals surface area contributed by atoms with Crippen molar-refractivity contribution < 1.29 is 4.74 Å². The van der Waals surface area contributed by atoms with Crippen LogP contribution in [0, 0.1) is 0 Å². The summed E-state index contributed by atoms with van der Waals surface area (Å²) in [5.41, 5.74) is 2.09. The summed E-state index contributed by atoms with van der Waals surface area (Å²) in [6, 6.07) is 10.9. The third-order valence-corrected chi connectivity index (χ3v) is 4.56. The first kappa shape index (κ1) is 15.1. The number of benzene rings is 1. The van der Waals surface area contributed by atoms with E-state index in [1.54, 1.807) is 12.5 Å². The lowest BCUT2D eigenvalue weighted by Gasteiger charge is -2.15. The Hall–Kier alpha value is -2.47. The van der Waals surface area contributed by atoms with Gasteiger partial charge < -0.3 is 10.1 Å². The quantitative estimate of drug-likeness (QED) is 0.729. The standard InChI is InChI=1S/C18H21N5O/c1-2-4-13(5-3-1)8-9-24-15-7-6-14(10-15)22-17-16-11-21-23-18(16)20-12-19-17/h1-5,11-12,14-15H,6-10H2,(H2,19,20,21,22,23)/t14?,15-/m0/s1. The molecule has 6 heteroatoms. The molecule has 0 radical (unpaired) electrons. The molecule has 4 rings (SSSR count). The molecule has 1 aliphatic carbocycles. The van der Waals surface area contributed by atoms with Crippen molar-refractivity contribution in [1.82, 2.24) is 20.2 Å². The number of ether oxygens (including phenoxy) is 1. The van der Waals surface area contributed by atoms with Crippen molar-refractivity contribution in [2.75, 3.05) is 11.9 Å². The van der Waals surface area contributed by atoms with Crippen molar-refractivity contribution in [2.24, 2.45) is 0 Å².